The Labute approximate surface area is 77.2 Å². The van der Waals surface area contributed by atoms with Crippen molar-refractivity contribution >= 4 is 10.9 Å². The number of benzene rings is 1. The second-order valence-electron chi connectivity index (χ2n) is 3.17. The average molecular weight is 174 g/mol. The first kappa shape index (κ1) is 8.32. The Kier molecular flexibility index (Phi) is 2.07. The minimum atomic E-state index is -0.0452. The molecule has 67 valence electrons. The van der Waals surface area contributed by atoms with Crippen molar-refractivity contribution in [1.82, 2.24) is 4.98 Å². The number of aliphatic hydroxyl groups excluding tert-OH is 1. The zero-order chi connectivity index (χ0) is 9.26. The number of nitrogens with one attached hydrogen (secondary N) is 1. The van der Waals surface area contributed by atoms with E-state index in [9.17, 15) is 0 Å². The molecule has 0 fully saturated rings. The summed E-state index contributed by atoms with van der Waals surface area (Å²) in [5, 5.41) is 10.1. The van der Waals surface area contributed by atoms with Gasteiger partial charge in [0, 0.05) is 23.0 Å². The molecule has 0 saturated carbocycles. The highest BCUT2D eigenvalue weighted by atomic mass is 16.3. The van der Waals surface area contributed by atoms with Crippen molar-refractivity contribution in [2.75, 3.05) is 6.61 Å². The van der Waals surface area contributed by atoms with Gasteiger partial charge in [0.2, 0.25) is 0 Å². The van der Waals surface area contributed by atoms with Crippen LogP contribution in [0.5, 0.6) is 0 Å². The minimum absolute atomic E-state index is 0.0452. The number of aromatic amines is 1. The summed E-state index contributed by atoms with van der Waals surface area (Å²) >= 11 is 0. The Morgan fingerprint density at radius 3 is 2.92 bits per heavy atom. The predicted octanol–water partition coefficient (Wildman–Crippen LogP) is 2.08. The third-order valence-corrected chi connectivity index (χ3v) is 2.28. The predicted molar refractivity (Wildman–Crippen MR) is 53.5 cm³/mol. The Morgan fingerprint density at radius 1 is 1.38 bits per heavy atom. The van der Waals surface area contributed by atoms with E-state index in [1.165, 1.54) is 0 Å². The van der Waals surface area contributed by atoms with Crippen molar-refractivity contribution in [1.29, 1.82) is 0 Å². The third kappa shape index (κ3) is 1.33. The van der Waals surface area contributed by atoms with Gasteiger partial charge in [-0.25, -0.2) is 0 Å². The molecule has 1 aromatic heterocycles. The fourth-order valence-corrected chi connectivity index (χ4v) is 1.53. The van der Waals surface area contributed by atoms with Crippen LogP contribution in [-0.4, -0.2) is 16.7 Å². The van der Waals surface area contributed by atoms with Crippen LogP contribution >= 0.6 is 0 Å². The summed E-state index contributed by atoms with van der Waals surface area (Å²) in [6.45, 7) is 3.96. The number of hydrogen-bond acceptors (Lipinski definition) is 1. The number of H-pyrrole nitrogens is 1. The lowest BCUT2D eigenvalue weighted by Crippen LogP contribution is -1.97. The van der Waals surface area contributed by atoms with E-state index in [0.717, 1.165) is 16.5 Å². The molecule has 0 bridgehead atoms. The van der Waals surface area contributed by atoms with Gasteiger partial charge in [0.05, 0.1) is 6.61 Å². The smallest absolute Gasteiger partial charge is 0.0500 e. The maximum Gasteiger partial charge on any atom is 0.0500 e. The second kappa shape index (κ2) is 3.23. The molecule has 2 nitrogen and oxygen atoms in total. The number of aromatic nitrogens is 1. The lowest BCUT2D eigenvalue weighted by atomic mass is 10.0. The van der Waals surface area contributed by atoms with E-state index in [1.54, 1.807) is 0 Å². The summed E-state index contributed by atoms with van der Waals surface area (Å²) in [5.41, 5.74) is 2.18. The number of aliphatic hydroxyl groups is 1. The molecular formula is C11H12NO. The lowest BCUT2D eigenvalue weighted by Gasteiger charge is -2.04. The summed E-state index contributed by atoms with van der Waals surface area (Å²) < 4.78 is 0. The molecule has 1 unspecified atom stereocenters. The summed E-state index contributed by atoms with van der Waals surface area (Å²) in [4.78, 5) is 3.15. The fraction of sp³-hybridized carbons (Fsp3) is 0.182. The highest BCUT2D eigenvalue weighted by Crippen LogP contribution is 2.24. The number of hydrogen-bond donors (Lipinski definition) is 2. The molecule has 0 amide bonds. The van der Waals surface area contributed by atoms with Crippen molar-refractivity contribution in [2.24, 2.45) is 0 Å². The van der Waals surface area contributed by atoms with Gasteiger partial charge in [-0.05, 0) is 18.6 Å². The molecule has 2 N–H and O–H groups in total. The van der Waals surface area contributed by atoms with Crippen LogP contribution in [0.3, 0.4) is 0 Å². The third-order valence-electron chi connectivity index (χ3n) is 2.28. The van der Waals surface area contributed by atoms with Crippen molar-refractivity contribution in [3.8, 4) is 0 Å². The van der Waals surface area contributed by atoms with E-state index >= 15 is 0 Å². The average Bonchev–Trinajstić information content (AvgIpc) is 2.60. The Morgan fingerprint density at radius 2 is 2.15 bits per heavy atom. The van der Waals surface area contributed by atoms with Gasteiger partial charge in [-0.2, -0.15) is 0 Å². The van der Waals surface area contributed by atoms with E-state index < -0.39 is 0 Å². The van der Waals surface area contributed by atoms with E-state index in [2.05, 4.69) is 11.9 Å². The van der Waals surface area contributed by atoms with Crippen LogP contribution in [0.4, 0.5) is 0 Å². The lowest BCUT2D eigenvalue weighted by molar-refractivity contribution is 0.283. The highest BCUT2D eigenvalue weighted by Gasteiger charge is 2.08. The molecule has 13 heavy (non-hydrogen) atoms. The largest absolute Gasteiger partial charge is 0.396 e. The van der Waals surface area contributed by atoms with Crippen LogP contribution in [0.2, 0.25) is 0 Å². The van der Waals surface area contributed by atoms with Crippen molar-refractivity contribution in [3.63, 3.8) is 0 Å². The summed E-state index contributed by atoms with van der Waals surface area (Å²) in [5.74, 6) is -0.0452. The monoisotopic (exact) mass is 174 g/mol. The van der Waals surface area contributed by atoms with Crippen LogP contribution in [-0.2, 0) is 0 Å². The Balaban J connectivity index is 2.57. The highest BCUT2D eigenvalue weighted by molar-refractivity contribution is 5.83. The first-order valence-electron chi connectivity index (χ1n) is 4.33. The number of para-hydroxylation sites is 1. The molecular weight excluding hydrogens is 162 g/mol. The van der Waals surface area contributed by atoms with Gasteiger partial charge in [0.1, 0.15) is 0 Å². The van der Waals surface area contributed by atoms with Gasteiger partial charge < -0.3 is 10.1 Å². The quantitative estimate of drug-likeness (QED) is 0.718. The Bertz CT molecular complexity index is 405. The minimum Gasteiger partial charge on any atom is -0.396 e. The molecule has 0 aliphatic carbocycles. The van der Waals surface area contributed by atoms with E-state index in [-0.39, 0.29) is 12.5 Å². The summed E-state index contributed by atoms with van der Waals surface area (Å²) in [6.07, 6.45) is 1.92. The zero-order valence-electron chi connectivity index (χ0n) is 7.33. The molecule has 2 aromatic rings. The van der Waals surface area contributed by atoms with Gasteiger partial charge >= 0.3 is 0 Å². The summed E-state index contributed by atoms with van der Waals surface area (Å²) in [7, 11) is 0. The normalized spacial score (nSPS) is 13.4. The fourth-order valence-electron chi connectivity index (χ4n) is 1.53. The van der Waals surface area contributed by atoms with Gasteiger partial charge in [-0.15, -0.1) is 0 Å². The molecule has 1 aromatic carbocycles. The molecule has 0 aliphatic heterocycles. The molecule has 2 rings (SSSR count). The Hall–Kier alpha value is -1.28. The van der Waals surface area contributed by atoms with Crippen molar-refractivity contribution in [3.05, 3.63) is 42.9 Å². The molecule has 2 heteroatoms. The maximum atomic E-state index is 8.99. The number of fused-ring (bicyclic) bond motifs is 1. The number of rotatable bonds is 2. The molecule has 0 saturated heterocycles. The van der Waals surface area contributed by atoms with Crippen LogP contribution < -0.4 is 0 Å². The molecule has 1 radical (unpaired) electrons. The zero-order valence-corrected chi connectivity index (χ0v) is 7.33. The topological polar surface area (TPSA) is 36.0 Å². The van der Waals surface area contributed by atoms with Gasteiger partial charge in [-0.1, -0.05) is 18.2 Å². The van der Waals surface area contributed by atoms with Crippen LogP contribution in [0, 0.1) is 6.92 Å². The van der Waals surface area contributed by atoms with Crippen LogP contribution in [0.25, 0.3) is 10.9 Å². The van der Waals surface area contributed by atoms with Gasteiger partial charge in [0.25, 0.3) is 0 Å². The molecule has 1 atom stereocenters. The van der Waals surface area contributed by atoms with E-state index in [4.69, 9.17) is 5.11 Å². The van der Waals surface area contributed by atoms with E-state index in [0.29, 0.717) is 0 Å². The van der Waals surface area contributed by atoms with Gasteiger partial charge in [0.15, 0.2) is 0 Å². The van der Waals surface area contributed by atoms with Crippen molar-refractivity contribution in [2.45, 2.75) is 5.92 Å². The van der Waals surface area contributed by atoms with Crippen molar-refractivity contribution < 1.29 is 5.11 Å². The summed E-state index contributed by atoms with van der Waals surface area (Å²) in [6, 6.07) is 8.03. The SMILES string of the molecule is [CH2]C(CO)c1c[nH]c2ccccc12. The van der Waals surface area contributed by atoms with Gasteiger partial charge in [-0.3, -0.25) is 0 Å². The first-order valence-corrected chi connectivity index (χ1v) is 4.33. The molecule has 0 aliphatic rings. The molecule has 0 spiro atoms. The first-order chi connectivity index (χ1) is 6.33. The van der Waals surface area contributed by atoms with E-state index in [1.807, 2.05) is 30.5 Å². The standard InChI is InChI=1S/C11H12NO/c1-8(7-13)10-6-12-11-5-3-2-4-9(10)11/h2-6,8,12-13H,1,7H2. The maximum absolute atomic E-state index is 8.99. The molecule has 1 heterocycles. The van der Waals surface area contributed by atoms with Crippen LogP contribution in [0.1, 0.15) is 11.5 Å². The van der Waals surface area contributed by atoms with Crippen LogP contribution in [0.15, 0.2) is 30.5 Å². The second-order valence-corrected chi connectivity index (χ2v) is 3.17.